The fourth-order valence-corrected chi connectivity index (χ4v) is 6.20. The highest BCUT2D eigenvalue weighted by atomic mass is 32.1. The van der Waals surface area contributed by atoms with Crippen LogP contribution in [-0.4, -0.2) is 195 Å². The Bertz CT molecular complexity index is 1940. The maximum atomic E-state index is 14.0. The van der Waals surface area contributed by atoms with Crippen LogP contribution in [0.2, 0.25) is 0 Å². The number of guanidine groups is 2. The number of aliphatic hydroxyl groups is 2. The van der Waals surface area contributed by atoms with Gasteiger partial charge in [-0.2, -0.15) is 12.6 Å². The molecule has 0 fully saturated rings. The molecule has 0 aromatic carbocycles. The first kappa shape index (κ1) is 64.9. The van der Waals surface area contributed by atoms with E-state index in [0.717, 1.165) is 6.92 Å². The molecule has 32 nitrogen and oxygen atoms in total. The van der Waals surface area contributed by atoms with Crippen molar-refractivity contribution in [3.05, 3.63) is 0 Å². The molecule has 33 heteroatoms. The quantitative estimate of drug-likeness (QED) is 0.0120. The summed E-state index contributed by atoms with van der Waals surface area (Å²) >= 11 is 3.94. The van der Waals surface area contributed by atoms with Crippen molar-refractivity contribution < 1.29 is 78.3 Å². The number of rotatable bonds is 36. The molecule has 0 aromatic heterocycles. The van der Waals surface area contributed by atoms with Crippen molar-refractivity contribution >= 4 is 89.7 Å². The molecule has 0 aliphatic rings. The second-order valence-electron chi connectivity index (χ2n) is 16.0. The standard InChI is InChI=1S/C39H70N16O16S/c1-17(48-30(63)19(41)16-72)29(62)49-21(8-5-11-46-38(42)43)32(65)52-23(13-26(58)59)34(67)51-20(7-3-4-10-40)31(64)50-22(9-6-12-47-39(44)45)33(66)53-24(14-27(60)61)35(68)55-28(18(2)57)36(69)54-25(15-56)37(70)71/h17-25,28,56-57,72H,3-16,40-41H2,1-2H3,(H,48,63)(H,49,62)(H,50,64)(H,51,67)(H,52,65)(H,53,66)(H,54,69)(H,55,68)(H,58,59)(H,60,61)(H,70,71)(H4,42,43,46)(H4,44,45,47)/t17-,18+,19-,20-,21-,22-,23-,24-,25-,28-/m0/s1. The van der Waals surface area contributed by atoms with Crippen molar-refractivity contribution in [2.24, 2.45) is 44.4 Å². The van der Waals surface area contributed by atoms with Crippen molar-refractivity contribution in [3.8, 4) is 0 Å². The van der Waals surface area contributed by atoms with Gasteiger partial charge in [-0.1, -0.05) is 0 Å². The average molecular weight is 1050 g/mol. The van der Waals surface area contributed by atoms with Crippen LogP contribution in [0, 0.1) is 0 Å². The second-order valence-corrected chi connectivity index (χ2v) is 16.4. The summed E-state index contributed by atoms with van der Waals surface area (Å²) in [5.74, 6) is -14.6. The molecule has 0 unspecified atom stereocenters. The molecule has 0 spiro atoms. The third kappa shape index (κ3) is 26.2. The number of amides is 8. The minimum atomic E-state index is -2.03. The summed E-state index contributed by atoms with van der Waals surface area (Å²) in [4.78, 5) is 150. The predicted octanol–water partition coefficient (Wildman–Crippen LogP) is -9.21. The zero-order chi connectivity index (χ0) is 55.2. The largest absolute Gasteiger partial charge is 0.481 e. The van der Waals surface area contributed by atoms with Crippen LogP contribution in [0.25, 0.3) is 0 Å². The first-order valence-corrected chi connectivity index (χ1v) is 22.9. The van der Waals surface area contributed by atoms with Gasteiger partial charge in [0.25, 0.3) is 0 Å². The van der Waals surface area contributed by atoms with E-state index in [0.29, 0.717) is 0 Å². The molecule has 0 aliphatic heterocycles. The van der Waals surface area contributed by atoms with Gasteiger partial charge in [-0.05, 0) is 65.3 Å². The number of aliphatic hydroxyl groups excluding tert-OH is 2. The molecular weight excluding hydrogens is 981 g/mol. The lowest BCUT2D eigenvalue weighted by molar-refractivity contribution is -0.145. The number of aliphatic imine (C=N–C) groups is 2. The van der Waals surface area contributed by atoms with Crippen molar-refractivity contribution in [2.45, 2.75) is 132 Å². The Morgan fingerprint density at radius 3 is 1.25 bits per heavy atom. The van der Waals surface area contributed by atoms with Gasteiger partial charge in [0, 0.05) is 18.8 Å². The molecule has 0 bridgehead atoms. The Hall–Kier alpha value is -7.10. The van der Waals surface area contributed by atoms with Crippen molar-refractivity contribution in [2.75, 3.05) is 32.0 Å². The van der Waals surface area contributed by atoms with E-state index in [-0.39, 0.29) is 82.3 Å². The van der Waals surface area contributed by atoms with Crippen LogP contribution in [-0.2, 0) is 52.7 Å². The summed E-state index contributed by atoms with van der Waals surface area (Å²) in [5.41, 5.74) is 32.9. The number of carbonyl (C=O) groups excluding carboxylic acids is 8. The normalized spacial score (nSPS) is 15.0. The molecule has 0 radical (unpaired) electrons. The van der Waals surface area contributed by atoms with E-state index >= 15 is 0 Å². The molecule has 10 atom stereocenters. The lowest BCUT2D eigenvalue weighted by Gasteiger charge is -2.28. The summed E-state index contributed by atoms with van der Waals surface area (Å²) in [6.07, 6.45) is -4.25. The van der Waals surface area contributed by atoms with E-state index in [1.54, 1.807) is 0 Å². The number of nitrogens with zero attached hydrogens (tertiary/aromatic N) is 2. The van der Waals surface area contributed by atoms with Gasteiger partial charge in [0.05, 0.1) is 31.6 Å². The van der Waals surface area contributed by atoms with Gasteiger partial charge in [-0.25, -0.2) is 4.79 Å². The Balaban J connectivity index is 6.86. The predicted molar refractivity (Wildman–Crippen MR) is 257 cm³/mol. The third-order valence-corrected chi connectivity index (χ3v) is 10.3. The molecule has 408 valence electrons. The molecule has 72 heavy (non-hydrogen) atoms. The highest BCUT2D eigenvalue weighted by molar-refractivity contribution is 7.80. The number of nitrogens with one attached hydrogen (secondary N) is 8. The number of aliphatic carboxylic acids is 3. The molecule has 0 rings (SSSR count). The third-order valence-electron chi connectivity index (χ3n) is 9.91. The van der Waals surface area contributed by atoms with Crippen molar-refractivity contribution in [1.82, 2.24) is 42.5 Å². The van der Waals surface area contributed by atoms with Crippen LogP contribution in [0.5, 0.6) is 0 Å². The van der Waals surface area contributed by atoms with Crippen LogP contribution in [0.4, 0.5) is 0 Å². The van der Waals surface area contributed by atoms with Crippen LogP contribution in [0.3, 0.4) is 0 Å². The van der Waals surface area contributed by atoms with Gasteiger partial charge in [-0.3, -0.25) is 57.9 Å². The zero-order valence-electron chi connectivity index (χ0n) is 39.7. The van der Waals surface area contributed by atoms with Crippen LogP contribution < -0.4 is 76.9 Å². The highest BCUT2D eigenvalue weighted by Crippen LogP contribution is 2.09. The number of thiol groups is 1. The highest BCUT2D eigenvalue weighted by Gasteiger charge is 2.36. The SMILES string of the molecule is C[C@H](NC(=O)[C@@H](N)CS)C(=O)N[C@@H](CCCN=C(N)N)C(=O)N[C@@H](CC(=O)O)C(=O)N[C@@H](CCCCN)C(=O)N[C@@H](CCCN=C(N)N)C(=O)N[C@@H](CC(=O)O)C(=O)N[C@H](C(=O)N[C@@H](CO)C(=O)O)[C@@H](C)O. The van der Waals surface area contributed by atoms with Gasteiger partial charge in [0.15, 0.2) is 11.9 Å². The lowest BCUT2D eigenvalue weighted by atomic mass is 10.0. The fourth-order valence-electron chi connectivity index (χ4n) is 6.04. The Labute approximate surface area is 418 Å². The number of carboxylic acid groups (broad SMARTS) is 3. The smallest absolute Gasteiger partial charge is 0.328 e. The Morgan fingerprint density at radius 1 is 0.514 bits per heavy atom. The molecular formula is C39H70N16O16S. The minimum absolute atomic E-state index is 0.0325. The van der Waals surface area contributed by atoms with Gasteiger partial charge >= 0.3 is 17.9 Å². The molecule has 25 N–H and O–H groups in total. The van der Waals surface area contributed by atoms with Gasteiger partial charge < -0.3 is 102 Å². The van der Waals surface area contributed by atoms with E-state index in [1.165, 1.54) is 6.92 Å². The number of nitrogens with two attached hydrogens (primary N) is 6. The molecule has 0 heterocycles. The first-order chi connectivity index (χ1) is 33.7. The first-order valence-electron chi connectivity index (χ1n) is 22.2. The summed E-state index contributed by atoms with van der Waals surface area (Å²) < 4.78 is 0. The topological polar surface area (TPSA) is 566 Å². The van der Waals surface area contributed by atoms with Crippen molar-refractivity contribution in [1.29, 1.82) is 0 Å². The maximum Gasteiger partial charge on any atom is 0.328 e. The molecule has 8 amide bonds. The Morgan fingerprint density at radius 2 is 0.889 bits per heavy atom. The van der Waals surface area contributed by atoms with Gasteiger partial charge in [-0.15, -0.1) is 0 Å². The average Bonchev–Trinajstić information content (AvgIpc) is 3.29. The molecule has 0 aliphatic carbocycles. The molecule has 0 saturated carbocycles. The van der Waals surface area contributed by atoms with E-state index in [9.17, 15) is 78.3 Å². The van der Waals surface area contributed by atoms with Crippen LogP contribution in [0.15, 0.2) is 9.98 Å². The van der Waals surface area contributed by atoms with Crippen LogP contribution in [0.1, 0.15) is 71.6 Å². The number of hydrogen-bond acceptors (Lipinski definition) is 18. The van der Waals surface area contributed by atoms with Gasteiger partial charge in [0.2, 0.25) is 47.3 Å². The lowest BCUT2D eigenvalue weighted by Crippen LogP contribution is -2.61. The Kier molecular flexibility index (Phi) is 30.9. The van der Waals surface area contributed by atoms with E-state index in [4.69, 9.17) is 34.4 Å². The fraction of sp³-hybridized carbons (Fsp3) is 0.667. The van der Waals surface area contributed by atoms with E-state index in [2.05, 4.69) is 54.5 Å². The van der Waals surface area contributed by atoms with E-state index in [1.807, 2.05) is 10.6 Å². The maximum absolute atomic E-state index is 14.0. The monoisotopic (exact) mass is 1050 g/mol. The summed E-state index contributed by atoms with van der Waals surface area (Å²) in [5, 5.41) is 65.9. The van der Waals surface area contributed by atoms with Crippen LogP contribution >= 0.6 is 12.6 Å². The molecule has 0 saturated heterocycles. The second kappa shape index (κ2) is 34.3. The van der Waals surface area contributed by atoms with Crippen molar-refractivity contribution in [3.63, 3.8) is 0 Å². The summed E-state index contributed by atoms with van der Waals surface area (Å²) in [6.45, 7) is 1.16. The summed E-state index contributed by atoms with van der Waals surface area (Å²) in [6, 6.07) is -14.9. The number of carbonyl (C=O) groups is 11. The summed E-state index contributed by atoms with van der Waals surface area (Å²) in [7, 11) is 0. The number of carboxylic acids is 3. The van der Waals surface area contributed by atoms with E-state index < -0.39 is 145 Å². The molecule has 0 aromatic rings. The minimum Gasteiger partial charge on any atom is -0.481 e. The van der Waals surface area contributed by atoms with Gasteiger partial charge in [0.1, 0.15) is 48.3 Å². The number of unbranched alkanes of at least 4 members (excludes halogenated alkanes) is 1. The zero-order valence-corrected chi connectivity index (χ0v) is 40.6. The number of hydrogen-bond donors (Lipinski definition) is 20.